The molecular formula is C23H51NO4P+. The first kappa shape index (κ1) is 29.1. The van der Waals surface area contributed by atoms with Gasteiger partial charge in [-0.25, -0.2) is 4.57 Å². The fourth-order valence-electron chi connectivity index (χ4n) is 3.30. The maximum Gasteiger partial charge on any atom is 0.472 e. The molecule has 0 amide bonds. The molecule has 1 atom stereocenters. The van der Waals surface area contributed by atoms with Gasteiger partial charge in [-0.1, -0.05) is 103 Å². The summed E-state index contributed by atoms with van der Waals surface area (Å²) in [5.74, 6) is 0. The minimum absolute atomic E-state index is 0.232. The average molecular weight is 437 g/mol. The summed E-state index contributed by atoms with van der Waals surface area (Å²) in [5.41, 5.74) is 0. The lowest BCUT2D eigenvalue weighted by Gasteiger charge is -2.24. The van der Waals surface area contributed by atoms with Crippen LogP contribution in [0.15, 0.2) is 0 Å². The minimum atomic E-state index is -3.88. The number of hydrogen-bond donors (Lipinski definition) is 1. The highest BCUT2D eigenvalue weighted by atomic mass is 31.2. The molecule has 0 fully saturated rings. The summed E-state index contributed by atoms with van der Waals surface area (Å²) < 4.78 is 22.5. The lowest BCUT2D eigenvalue weighted by atomic mass is 10.0. The quantitative estimate of drug-likeness (QED) is 0.112. The summed E-state index contributed by atoms with van der Waals surface area (Å²) in [6.45, 7) is 3.48. The molecule has 0 saturated carbocycles. The van der Waals surface area contributed by atoms with E-state index in [1.54, 1.807) is 0 Å². The highest BCUT2D eigenvalue weighted by Crippen LogP contribution is 2.43. The predicted molar refractivity (Wildman–Crippen MR) is 124 cm³/mol. The van der Waals surface area contributed by atoms with Crippen LogP contribution in [0.3, 0.4) is 0 Å². The minimum Gasteiger partial charge on any atom is -0.329 e. The standard InChI is InChI=1S/C23H50NO4P/c1-5-6-7-8-9-10-11-12-13-14-15-16-17-18-19-20-22-27-29(25,26)28-23-21-24(2,3)4/h5-23H2,1-4H3/p+1. The molecule has 0 spiro atoms. The number of rotatable bonds is 22. The summed E-state index contributed by atoms with van der Waals surface area (Å²) in [5, 5.41) is 0. The topological polar surface area (TPSA) is 55.8 Å². The molecule has 0 aromatic rings. The molecule has 0 radical (unpaired) electrons. The van der Waals surface area contributed by atoms with Crippen LogP contribution in [0.2, 0.25) is 0 Å². The fourth-order valence-corrected chi connectivity index (χ4v) is 4.04. The van der Waals surface area contributed by atoms with E-state index in [0.717, 1.165) is 12.8 Å². The van der Waals surface area contributed by atoms with Gasteiger partial charge in [-0.15, -0.1) is 0 Å². The molecule has 0 rings (SSSR count). The Bertz CT molecular complexity index is 399. The summed E-state index contributed by atoms with van der Waals surface area (Å²) in [7, 11) is 2.17. The first-order valence-electron chi connectivity index (χ1n) is 12.2. The molecule has 0 aromatic carbocycles. The van der Waals surface area contributed by atoms with Crippen LogP contribution in [-0.2, 0) is 13.6 Å². The third-order valence-corrected chi connectivity index (χ3v) is 6.29. The van der Waals surface area contributed by atoms with Crippen molar-refractivity contribution in [2.24, 2.45) is 0 Å². The molecular weight excluding hydrogens is 385 g/mol. The van der Waals surface area contributed by atoms with Crippen molar-refractivity contribution in [2.75, 3.05) is 40.9 Å². The van der Waals surface area contributed by atoms with Crippen LogP contribution in [0.25, 0.3) is 0 Å². The van der Waals surface area contributed by atoms with E-state index in [2.05, 4.69) is 6.92 Å². The molecule has 29 heavy (non-hydrogen) atoms. The smallest absolute Gasteiger partial charge is 0.329 e. The van der Waals surface area contributed by atoms with E-state index < -0.39 is 7.82 Å². The zero-order valence-corrected chi connectivity index (χ0v) is 20.9. The van der Waals surface area contributed by atoms with Gasteiger partial charge in [0.25, 0.3) is 0 Å². The largest absolute Gasteiger partial charge is 0.472 e. The number of phosphoric acid groups is 1. The van der Waals surface area contributed by atoms with E-state index in [0.29, 0.717) is 17.6 Å². The molecule has 0 aromatic heterocycles. The Morgan fingerprint density at radius 2 is 0.966 bits per heavy atom. The first-order chi connectivity index (χ1) is 13.8. The highest BCUT2D eigenvalue weighted by Gasteiger charge is 2.21. The van der Waals surface area contributed by atoms with Crippen LogP contribution in [-0.4, -0.2) is 50.3 Å². The number of phosphoric ester groups is 1. The van der Waals surface area contributed by atoms with Gasteiger partial charge in [0.2, 0.25) is 0 Å². The van der Waals surface area contributed by atoms with E-state index in [-0.39, 0.29) is 6.61 Å². The van der Waals surface area contributed by atoms with Crippen molar-refractivity contribution < 1.29 is 23.0 Å². The Labute approximate surface area is 181 Å². The average Bonchev–Trinajstić information content (AvgIpc) is 2.63. The van der Waals surface area contributed by atoms with E-state index in [1.165, 1.54) is 89.9 Å². The van der Waals surface area contributed by atoms with Crippen molar-refractivity contribution in [1.82, 2.24) is 0 Å². The first-order valence-corrected chi connectivity index (χ1v) is 13.7. The summed E-state index contributed by atoms with van der Waals surface area (Å²) >= 11 is 0. The van der Waals surface area contributed by atoms with E-state index in [1.807, 2.05) is 21.1 Å². The molecule has 0 aliphatic heterocycles. The van der Waals surface area contributed by atoms with Crippen LogP contribution in [0.4, 0.5) is 0 Å². The highest BCUT2D eigenvalue weighted by molar-refractivity contribution is 7.47. The van der Waals surface area contributed by atoms with Gasteiger partial charge >= 0.3 is 7.82 Å². The van der Waals surface area contributed by atoms with E-state index >= 15 is 0 Å². The molecule has 0 aliphatic carbocycles. The van der Waals surface area contributed by atoms with Gasteiger partial charge in [0.05, 0.1) is 27.7 Å². The van der Waals surface area contributed by atoms with Crippen molar-refractivity contribution in [1.29, 1.82) is 0 Å². The zero-order chi connectivity index (χ0) is 21.8. The Morgan fingerprint density at radius 1 is 0.621 bits per heavy atom. The van der Waals surface area contributed by atoms with Crippen LogP contribution in [0.5, 0.6) is 0 Å². The van der Waals surface area contributed by atoms with Gasteiger partial charge in [0.1, 0.15) is 13.2 Å². The molecule has 0 bridgehead atoms. The lowest BCUT2D eigenvalue weighted by Crippen LogP contribution is -2.37. The zero-order valence-electron chi connectivity index (χ0n) is 20.0. The van der Waals surface area contributed by atoms with Crippen LogP contribution in [0, 0.1) is 0 Å². The molecule has 0 heterocycles. The van der Waals surface area contributed by atoms with Gasteiger partial charge in [0, 0.05) is 0 Å². The molecule has 0 aliphatic rings. The Morgan fingerprint density at radius 3 is 1.34 bits per heavy atom. The number of unbranched alkanes of at least 4 members (excludes halogenated alkanes) is 15. The summed E-state index contributed by atoms with van der Waals surface area (Å²) in [6.07, 6.45) is 21.0. The second kappa shape index (κ2) is 18.8. The Balaban J connectivity index is 3.28. The number of likely N-dealkylation sites (N-methyl/N-ethyl adjacent to an activating group) is 1. The Kier molecular flexibility index (Phi) is 18.9. The molecule has 0 saturated heterocycles. The van der Waals surface area contributed by atoms with Gasteiger partial charge in [-0.05, 0) is 6.42 Å². The van der Waals surface area contributed by atoms with E-state index in [4.69, 9.17) is 9.05 Å². The summed E-state index contributed by atoms with van der Waals surface area (Å²) in [6, 6.07) is 0. The third kappa shape index (κ3) is 24.2. The molecule has 6 heteroatoms. The van der Waals surface area contributed by atoms with Crippen molar-refractivity contribution in [3.63, 3.8) is 0 Å². The van der Waals surface area contributed by atoms with Crippen LogP contribution < -0.4 is 0 Å². The number of quaternary nitrogens is 1. The SMILES string of the molecule is CCCCCCCCCCCCCCCCCCOP(=O)(O)OCC[N+](C)(C)C. The molecule has 176 valence electrons. The van der Waals surface area contributed by atoms with Crippen molar-refractivity contribution >= 4 is 7.82 Å². The maximum absolute atomic E-state index is 11.8. The second-order valence-electron chi connectivity index (χ2n) is 9.45. The fraction of sp³-hybridized carbons (Fsp3) is 1.00. The van der Waals surface area contributed by atoms with E-state index in [9.17, 15) is 9.46 Å². The molecule has 5 nitrogen and oxygen atoms in total. The molecule has 1 unspecified atom stereocenters. The van der Waals surface area contributed by atoms with Gasteiger partial charge in [-0.3, -0.25) is 9.05 Å². The van der Waals surface area contributed by atoms with Crippen LogP contribution >= 0.6 is 7.82 Å². The number of hydrogen-bond acceptors (Lipinski definition) is 3. The van der Waals surface area contributed by atoms with Crippen molar-refractivity contribution in [3.05, 3.63) is 0 Å². The van der Waals surface area contributed by atoms with Gasteiger partial charge in [-0.2, -0.15) is 0 Å². The van der Waals surface area contributed by atoms with Crippen molar-refractivity contribution in [3.8, 4) is 0 Å². The lowest BCUT2D eigenvalue weighted by molar-refractivity contribution is -0.870. The summed E-state index contributed by atoms with van der Waals surface area (Å²) in [4.78, 5) is 9.64. The number of nitrogens with zero attached hydrogens (tertiary/aromatic N) is 1. The van der Waals surface area contributed by atoms with Crippen LogP contribution in [0.1, 0.15) is 110 Å². The second-order valence-corrected chi connectivity index (χ2v) is 10.9. The maximum atomic E-state index is 11.8. The normalized spacial score (nSPS) is 14.2. The Hall–Kier alpha value is 0.0700. The van der Waals surface area contributed by atoms with Gasteiger partial charge in [0.15, 0.2) is 0 Å². The van der Waals surface area contributed by atoms with Gasteiger partial charge < -0.3 is 9.38 Å². The monoisotopic (exact) mass is 436 g/mol. The predicted octanol–water partition coefficient (Wildman–Crippen LogP) is 7.09. The third-order valence-electron chi connectivity index (χ3n) is 5.27. The molecule has 1 N–H and O–H groups in total. The van der Waals surface area contributed by atoms with Crippen molar-refractivity contribution in [2.45, 2.75) is 110 Å².